The molecule has 1 heterocycles. The first-order valence-corrected chi connectivity index (χ1v) is 12.4. The molecule has 1 N–H and O–H groups in total. The van der Waals surface area contributed by atoms with Gasteiger partial charge < -0.3 is 19.7 Å². The molecule has 6 nitrogen and oxygen atoms in total. The molecule has 192 valence electrons. The highest BCUT2D eigenvalue weighted by atomic mass is 19.1. The molecule has 1 saturated heterocycles. The number of methoxy groups -OCH3 is 1. The van der Waals surface area contributed by atoms with Gasteiger partial charge in [0.05, 0.1) is 13.7 Å². The largest absolute Gasteiger partial charge is 0.494 e. The smallest absolute Gasteiger partial charge is 0.251 e. The fraction of sp³-hybridized carbons (Fsp3) is 0.536. The van der Waals surface area contributed by atoms with Gasteiger partial charge in [-0.2, -0.15) is 0 Å². The molecule has 7 heteroatoms. The van der Waals surface area contributed by atoms with E-state index >= 15 is 0 Å². The third-order valence-electron chi connectivity index (χ3n) is 6.99. The lowest BCUT2D eigenvalue weighted by atomic mass is 9.91. The molecule has 3 rings (SSSR count). The third-order valence-corrected chi connectivity index (χ3v) is 6.99. The molecule has 2 aromatic rings. The Morgan fingerprint density at radius 3 is 2.51 bits per heavy atom. The summed E-state index contributed by atoms with van der Waals surface area (Å²) in [5, 5.41) is 2.94. The summed E-state index contributed by atoms with van der Waals surface area (Å²) in [5.74, 6) is 0.700. The fourth-order valence-electron chi connectivity index (χ4n) is 4.54. The zero-order chi connectivity index (χ0) is 25.5. The standard InChI is InChI=1S/C28H40FN3O3/c1-19-20(2)26(35-14-8-7-13-31(4)5)12-10-24(19)21(3)32-17-22(18-32)16-30-28(33)23-9-11-27(34-6)25(29)15-23/h9-12,15,21-22H,7-8,13-14,16-18H2,1-6H3,(H,30,33). The van der Waals surface area contributed by atoms with Gasteiger partial charge in [-0.3, -0.25) is 9.69 Å². The van der Waals surface area contributed by atoms with Crippen molar-refractivity contribution < 1.29 is 18.7 Å². The molecule has 0 aliphatic carbocycles. The summed E-state index contributed by atoms with van der Waals surface area (Å²) in [4.78, 5) is 17.0. The number of carbonyl (C=O) groups excluding carboxylic acids is 1. The Morgan fingerprint density at radius 1 is 1.14 bits per heavy atom. The number of likely N-dealkylation sites (tertiary alicyclic amines) is 1. The highest BCUT2D eigenvalue weighted by molar-refractivity contribution is 5.94. The molecule has 1 fully saturated rings. The van der Waals surface area contributed by atoms with Crippen LogP contribution in [0.1, 0.15) is 52.9 Å². The van der Waals surface area contributed by atoms with Crippen LogP contribution in [0.2, 0.25) is 0 Å². The molecule has 0 spiro atoms. The monoisotopic (exact) mass is 485 g/mol. The average molecular weight is 486 g/mol. The van der Waals surface area contributed by atoms with Gasteiger partial charge in [-0.1, -0.05) is 6.07 Å². The molecule has 35 heavy (non-hydrogen) atoms. The Morgan fingerprint density at radius 2 is 1.86 bits per heavy atom. The van der Waals surface area contributed by atoms with Gasteiger partial charge >= 0.3 is 0 Å². The Labute approximate surface area is 209 Å². The number of nitrogens with one attached hydrogen (secondary N) is 1. The van der Waals surface area contributed by atoms with Crippen molar-refractivity contribution in [2.24, 2.45) is 5.92 Å². The molecule has 0 radical (unpaired) electrons. The topological polar surface area (TPSA) is 54.0 Å². The third kappa shape index (κ3) is 6.95. The van der Waals surface area contributed by atoms with Gasteiger partial charge in [0.15, 0.2) is 11.6 Å². The lowest BCUT2D eigenvalue weighted by Gasteiger charge is -2.44. The van der Waals surface area contributed by atoms with Crippen molar-refractivity contribution in [1.29, 1.82) is 0 Å². The first-order chi connectivity index (χ1) is 16.7. The van der Waals surface area contributed by atoms with Crippen LogP contribution in [0.3, 0.4) is 0 Å². The van der Waals surface area contributed by atoms with Gasteiger partial charge in [-0.25, -0.2) is 4.39 Å². The number of hydrogen-bond donors (Lipinski definition) is 1. The van der Waals surface area contributed by atoms with Crippen molar-refractivity contribution in [2.75, 3.05) is 54.0 Å². The van der Waals surface area contributed by atoms with E-state index in [1.165, 1.54) is 35.9 Å². The summed E-state index contributed by atoms with van der Waals surface area (Å²) >= 11 is 0. The maximum atomic E-state index is 13.9. The van der Waals surface area contributed by atoms with E-state index in [4.69, 9.17) is 9.47 Å². The van der Waals surface area contributed by atoms with E-state index in [1.807, 2.05) is 0 Å². The zero-order valence-corrected chi connectivity index (χ0v) is 22.0. The minimum absolute atomic E-state index is 0.135. The summed E-state index contributed by atoms with van der Waals surface area (Å²) in [6.45, 7) is 10.8. The molecule has 1 aliphatic heterocycles. The lowest BCUT2D eigenvalue weighted by Crippen LogP contribution is -2.52. The van der Waals surface area contributed by atoms with Crippen LogP contribution >= 0.6 is 0 Å². The Bertz CT molecular complexity index is 1010. The quantitative estimate of drug-likeness (QED) is 0.446. The van der Waals surface area contributed by atoms with Crippen LogP contribution in [-0.2, 0) is 0 Å². The van der Waals surface area contributed by atoms with Gasteiger partial charge in [0.2, 0.25) is 0 Å². The van der Waals surface area contributed by atoms with Gasteiger partial charge in [0.1, 0.15) is 5.75 Å². The summed E-state index contributed by atoms with van der Waals surface area (Å²) in [5.41, 5.74) is 4.11. The van der Waals surface area contributed by atoms with Gasteiger partial charge in [-0.15, -0.1) is 0 Å². The van der Waals surface area contributed by atoms with Crippen LogP contribution in [0.15, 0.2) is 30.3 Å². The summed E-state index contributed by atoms with van der Waals surface area (Å²) in [6.07, 6.45) is 2.18. The van der Waals surface area contributed by atoms with Gasteiger partial charge in [0.25, 0.3) is 5.91 Å². The van der Waals surface area contributed by atoms with E-state index in [0.29, 0.717) is 24.1 Å². The molecule has 1 atom stereocenters. The average Bonchev–Trinajstić information content (AvgIpc) is 2.79. The van der Waals surface area contributed by atoms with Crippen LogP contribution in [0, 0.1) is 25.6 Å². The summed E-state index contributed by atoms with van der Waals surface area (Å²) in [6, 6.07) is 8.86. The van der Waals surface area contributed by atoms with Crippen LogP contribution in [-0.4, -0.2) is 69.7 Å². The number of rotatable bonds is 12. The van der Waals surface area contributed by atoms with Crippen LogP contribution in [0.25, 0.3) is 0 Å². The Hall–Kier alpha value is -2.64. The van der Waals surface area contributed by atoms with Crippen molar-refractivity contribution in [3.05, 3.63) is 58.4 Å². The van der Waals surface area contributed by atoms with Gasteiger partial charge in [-0.05, 0) is 95.2 Å². The number of benzene rings is 2. The normalized spacial score (nSPS) is 15.1. The van der Waals surface area contributed by atoms with Crippen LogP contribution < -0.4 is 14.8 Å². The second-order valence-corrected chi connectivity index (χ2v) is 9.82. The highest BCUT2D eigenvalue weighted by Crippen LogP contribution is 2.34. The van der Waals surface area contributed by atoms with Crippen molar-refractivity contribution in [1.82, 2.24) is 15.1 Å². The number of halogens is 1. The fourth-order valence-corrected chi connectivity index (χ4v) is 4.54. The maximum Gasteiger partial charge on any atom is 0.251 e. The van der Waals surface area contributed by atoms with Crippen LogP contribution in [0.4, 0.5) is 4.39 Å². The summed E-state index contributed by atoms with van der Waals surface area (Å²) < 4.78 is 24.8. The predicted octanol–water partition coefficient (Wildman–Crippen LogP) is 4.59. The number of amides is 1. The van der Waals surface area contributed by atoms with Crippen molar-refractivity contribution >= 4 is 5.91 Å². The van der Waals surface area contributed by atoms with E-state index in [2.05, 4.69) is 62.1 Å². The van der Waals surface area contributed by atoms with E-state index < -0.39 is 5.82 Å². The highest BCUT2D eigenvalue weighted by Gasteiger charge is 2.32. The molecule has 0 bridgehead atoms. The molecule has 0 aromatic heterocycles. The number of unbranched alkanes of at least 4 members (excludes halogenated alkanes) is 1. The van der Waals surface area contributed by atoms with Crippen molar-refractivity contribution in [3.8, 4) is 11.5 Å². The zero-order valence-electron chi connectivity index (χ0n) is 22.0. The molecule has 1 unspecified atom stereocenters. The number of carbonyl (C=O) groups is 1. The van der Waals surface area contributed by atoms with Crippen LogP contribution in [0.5, 0.6) is 11.5 Å². The maximum absolute atomic E-state index is 13.9. The number of hydrogen-bond acceptors (Lipinski definition) is 5. The molecule has 2 aromatic carbocycles. The van der Waals surface area contributed by atoms with Gasteiger partial charge in [0, 0.05) is 37.2 Å². The minimum Gasteiger partial charge on any atom is -0.494 e. The van der Waals surface area contributed by atoms with E-state index in [1.54, 1.807) is 6.07 Å². The van der Waals surface area contributed by atoms with E-state index in [9.17, 15) is 9.18 Å². The lowest BCUT2D eigenvalue weighted by molar-refractivity contribution is 0.0569. The SMILES string of the molecule is COc1ccc(C(=O)NCC2CN(C(C)c3ccc(OCCCCN(C)C)c(C)c3C)C2)cc1F. The second-order valence-electron chi connectivity index (χ2n) is 9.82. The molecular weight excluding hydrogens is 445 g/mol. The first kappa shape index (κ1) is 27.0. The van der Waals surface area contributed by atoms with Crippen molar-refractivity contribution in [2.45, 2.75) is 39.7 Å². The summed E-state index contributed by atoms with van der Waals surface area (Å²) in [7, 11) is 5.59. The molecular formula is C28H40FN3O3. The number of nitrogens with zero attached hydrogens (tertiary/aromatic N) is 2. The van der Waals surface area contributed by atoms with E-state index in [0.717, 1.165) is 44.8 Å². The molecule has 1 aliphatic rings. The first-order valence-electron chi connectivity index (χ1n) is 12.4. The predicted molar refractivity (Wildman–Crippen MR) is 138 cm³/mol. The number of ether oxygens (including phenoxy) is 2. The minimum atomic E-state index is -0.532. The molecule has 1 amide bonds. The van der Waals surface area contributed by atoms with Crippen molar-refractivity contribution in [3.63, 3.8) is 0 Å². The Kier molecular flexibility index (Phi) is 9.52. The van der Waals surface area contributed by atoms with E-state index in [-0.39, 0.29) is 11.7 Å². The Balaban J connectivity index is 1.46. The second kappa shape index (κ2) is 12.4. The molecule has 0 saturated carbocycles.